The maximum Gasteiger partial charge on any atom is 0.224 e. The standard InChI is InChI=1S/C24H23FN6O2/c1-2-20(33)29-19-5-3-4-13-9-16(6-7-18(13)19)31-24-21(23(26)27-12-28-24)22(30-31)14-8-15(25)11-17(32)10-14/h3-5,8,10-12,16,32H,2,6-7,9H2,1H3,(H,29,33)(H2,26,27,28). The molecule has 0 saturated carbocycles. The molecule has 33 heavy (non-hydrogen) atoms. The van der Waals surface area contributed by atoms with Crippen molar-refractivity contribution in [2.75, 3.05) is 11.1 Å². The van der Waals surface area contributed by atoms with Crippen LogP contribution in [0.1, 0.15) is 36.9 Å². The summed E-state index contributed by atoms with van der Waals surface area (Å²) in [4.78, 5) is 20.4. The highest BCUT2D eigenvalue weighted by molar-refractivity contribution is 5.98. The maximum atomic E-state index is 14.0. The number of rotatable bonds is 4. The molecule has 4 N–H and O–H groups in total. The number of nitrogens with one attached hydrogen (secondary N) is 1. The minimum atomic E-state index is -0.573. The molecule has 5 rings (SSSR count). The lowest BCUT2D eigenvalue weighted by molar-refractivity contribution is -0.115. The lowest BCUT2D eigenvalue weighted by Gasteiger charge is -2.27. The Morgan fingerprint density at radius 2 is 2.15 bits per heavy atom. The normalized spacial score (nSPS) is 15.4. The van der Waals surface area contributed by atoms with E-state index >= 15 is 0 Å². The Morgan fingerprint density at radius 1 is 1.30 bits per heavy atom. The summed E-state index contributed by atoms with van der Waals surface area (Å²) in [5.41, 5.74) is 10.7. The van der Waals surface area contributed by atoms with Crippen molar-refractivity contribution in [3.05, 3.63) is 59.7 Å². The molecule has 1 aliphatic rings. The maximum absolute atomic E-state index is 14.0. The van der Waals surface area contributed by atoms with E-state index in [9.17, 15) is 14.3 Å². The van der Waals surface area contributed by atoms with Crippen LogP contribution in [0.5, 0.6) is 5.75 Å². The lowest BCUT2D eigenvalue weighted by Crippen LogP contribution is -2.22. The average Bonchev–Trinajstić information content (AvgIpc) is 3.19. The molecule has 0 saturated heterocycles. The van der Waals surface area contributed by atoms with Gasteiger partial charge in [0.25, 0.3) is 0 Å². The Kier molecular flexibility index (Phi) is 5.16. The predicted octanol–water partition coefficient (Wildman–Crippen LogP) is 4.00. The van der Waals surface area contributed by atoms with E-state index in [1.54, 1.807) is 0 Å². The second-order valence-corrected chi connectivity index (χ2v) is 8.19. The Hall–Kier alpha value is -4.01. The van der Waals surface area contributed by atoms with Gasteiger partial charge >= 0.3 is 0 Å². The number of carbonyl (C=O) groups excluding carboxylic acids is 1. The third kappa shape index (κ3) is 3.75. The molecule has 4 aromatic rings. The van der Waals surface area contributed by atoms with Crippen LogP contribution in [0.25, 0.3) is 22.3 Å². The van der Waals surface area contributed by atoms with Gasteiger partial charge in [0.15, 0.2) is 5.65 Å². The zero-order valence-electron chi connectivity index (χ0n) is 18.0. The van der Waals surface area contributed by atoms with E-state index in [2.05, 4.69) is 21.4 Å². The summed E-state index contributed by atoms with van der Waals surface area (Å²) >= 11 is 0. The zero-order valence-corrected chi connectivity index (χ0v) is 18.0. The second-order valence-electron chi connectivity index (χ2n) is 8.19. The van der Waals surface area contributed by atoms with Crippen LogP contribution in [0, 0.1) is 5.82 Å². The first kappa shape index (κ1) is 20.9. The topological polar surface area (TPSA) is 119 Å². The first-order chi connectivity index (χ1) is 15.9. The molecule has 1 aliphatic carbocycles. The molecule has 2 aromatic heterocycles. The molecule has 168 valence electrons. The van der Waals surface area contributed by atoms with Crippen molar-refractivity contribution in [3.63, 3.8) is 0 Å². The van der Waals surface area contributed by atoms with Gasteiger partial charge in [-0.2, -0.15) is 5.10 Å². The number of benzene rings is 2. The fraction of sp³-hybridized carbons (Fsp3) is 0.250. The molecule has 1 unspecified atom stereocenters. The molecule has 1 amide bonds. The molecule has 0 aliphatic heterocycles. The molecule has 0 bridgehead atoms. The Balaban J connectivity index is 1.58. The molecule has 0 spiro atoms. The first-order valence-corrected chi connectivity index (χ1v) is 10.8. The van der Waals surface area contributed by atoms with Crippen LogP contribution in [0.2, 0.25) is 0 Å². The van der Waals surface area contributed by atoms with Gasteiger partial charge in [-0.1, -0.05) is 19.1 Å². The van der Waals surface area contributed by atoms with Crippen LogP contribution in [-0.4, -0.2) is 30.8 Å². The van der Waals surface area contributed by atoms with Crippen LogP contribution in [0.4, 0.5) is 15.9 Å². The van der Waals surface area contributed by atoms with Crippen molar-refractivity contribution >= 4 is 28.4 Å². The van der Waals surface area contributed by atoms with Crippen molar-refractivity contribution in [1.82, 2.24) is 19.7 Å². The van der Waals surface area contributed by atoms with Gasteiger partial charge in [0, 0.05) is 23.7 Å². The van der Waals surface area contributed by atoms with E-state index in [1.165, 1.54) is 18.5 Å². The van der Waals surface area contributed by atoms with Gasteiger partial charge in [-0.15, -0.1) is 0 Å². The van der Waals surface area contributed by atoms with Gasteiger partial charge in [-0.3, -0.25) is 4.79 Å². The van der Waals surface area contributed by atoms with E-state index in [-0.39, 0.29) is 23.5 Å². The molecule has 2 heterocycles. The number of nitrogen functional groups attached to an aromatic ring is 1. The van der Waals surface area contributed by atoms with Gasteiger partial charge in [0.2, 0.25) is 5.91 Å². The third-order valence-corrected chi connectivity index (χ3v) is 6.07. The van der Waals surface area contributed by atoms with E-state index in [0.29, 0.717) is 35.1 Å². The van der Waals surface area contributed by atoms with Crippen LogP contribution >= 0.6 is 0 Å². The van der Waals surface area contributed by atoms with Crippen molar-refractivity contribution in [2.45, 2.75) is 38.6 Å². The van der Waals surface area contributed by atoms with Gasteiger partial charge in [0.1, 0.15) is 29.4 Å². The number of anilines is 2. The van der Waals surface area contributed by atoms with Crippen molar-refractivity contribution in [1.29, 1.82) is 0 Å². The number of carbonyl (C=O) groups is 1. The van der Waals surface area contributed by atoms with Crippen LogP contribution in [-0.2, 0) is 17.6 Å². The van der Waals surface area contributed by atoms with E-state index < -0.39 is 5.82 Å². The van der Waals surface area contributed by atoms with Crippen LogP contribution < -0.4 is 11.1 Å². The largest absolute Gasteiger partial charge is 0.508 e. The summed E-state index contributed by atoms with van der Waals surface area (Å²) in [5.74, 6) is -0.544. The molecule has 0 fully saturated rings. The Bertz CT molecular complexity index is 1360. The summed E-state index contributed by atoms with van der Waals surface area (Å²) in [7, 11) is 0. The highest BCUT2D eigenvalue weighted by Gasteiger charge is 2.27. The SMILES string of the molecule is CCC(=O)Nc1cccc2c1CCC(n1nc(-c3cc(O)cc(F)c3)c3c(N)ncnc31)C2. The predicted molar refractivity (Wildman–Crippen MR) is 123 cm³/mol. The smallest absolute Gasteiger partial charge is 0.224 e. The number of aromatic hydroxyl groups is 1. The fourth-order valence-electron chi connectivity index (χ4n) is 4.52. The number of aromatic nitrogens is 4. The van der Waals surface area contributed by atoms with Gasteiger partial charge < -0.3 is 16.2 Å². The van der Waals surface area contributed by atoms with Crippen molar-refractivity contribution in [2.24, 2.45) is 0 Å². The molecule has 2 aromatic carbocycles. The average molecular weight is 446 g/mol. The number of halogens is 1. The number of nitrogens with two attached hydrogens (primary N) is 1. The van der Waals surface area contributed by atoms with Crippen molar-refractivity contribution < 1.29 is 14.3 Å². The number of nitrogens with zero attached hydrogens (tertiary/aromatic N) is 4. The number of amides is 1. The lowest BCUT2D eigenvalue weighted by atomic mass is 9.87. The number of phenols is 1. The summed E-state index contributed by atoms with van der Waals surface area (Å²) in [6.07, 6.45) is 4.04. The molecule has 1 atom stereocenters. The minimum Gasteiger partial charge on any atom is -0.508 e. The molecule has 8 nitrogen and oxygen atoms in total. The Morgan fingerprint density at radius 3 is 2.94 bits per heavy atom. The van der Waals surface area contributed by atoms with Crippen LogP contribution in [0.3, 0.4) is 0 Å². The van der Waals surface area contributed by atoms with Crippen LogP contribution in [0.15, 0.2) is 42.7 Å². The van der Waals surface area contributed by atoms with E-state index in [1.807, 2.05) is 23.7 Å². The molecule has 9 heteroatoms. The summed E-state index contributed by atoms with van der Waals surface area (Å²) in [6.45, 7) is 1.83. The molecular weight excluding hydrogens is 423 g/mol. The van der Waals surface area contributed by atoms with Gasteiger partial charge in [-0.05, 0) is 48.6 Å². The molecular formula is C24H23FN6O2. The minimum absolute atomic E-state index is 0.0117. The summed E-state index contributed by atoms with van der Waals surface area (Å²) < 4.78 is 15.8. The third-order valence-electron chi connectivity index (χ3n) is 6.07. The number of hydrogen-bond donors (Lipinski definition) is 3. The number of phenolic OH excluding ortho intramolecular Hbond substituents is 1. The quantitative estimate of drug-likeness (QED) is 0.436. The zero-order chi connectivity index (χ0) is 23.1. The van der Waals surface area contributed by atoms with Crippen molar-refractivity contribution in [3.8, 4) is 17.0 Å². The first-order valence-electron chi connectivity index (χ1n) is 10.8. The monoisotopic (exact) mass is 446 g/mol. The highest BCUT2D eigenvalue weighted by Crippen LogP contribution is 2.38. The summed E-state index contributed by atoms with van der Waals surface area (Å²) in [6, 6.07) is 9.70. The fourth-order valence-corrected chi connectivity index (χ4v) is 4.52. The number of hydrogen-bond acceptors (Lipinski definition) is 6. The number of fused-ring (bicyclic) bond motifs is 2. The molecule has 0 radical (unpaired) electrons. The van der Waals surface area contributed by atoms with Gasteiger partial charge in [0.05, 0.1) is 11.4 Å². The second kappa shape index (κ2) is 8.16. The summed E-state index contributed by atoms with van der Waals surface area (Å²) in [5, 5.41) is 18.2. The Labute approximate surface area is 189 Å². The van der Waals surface area contributed by atoms with Gasteiger partial charge in [-0.25, -0.2) is 19.0 Å². The highest BCUT2D eigenvalue weighted by atomic mass is 19.1. The van der Waals surface area contributed by atoms with E-state index in [4.69, 9.17) is 10.8 Å². The van der Waals surface area contributed by atoms with E-state index in [0.717, 1.165) is 35.7 Å².